The van der Waals surface area contributed by atoms with Crippen LogP contribution in [0.3, 0.4) is 0 Å². The van der Waals surface area contributed by atoms with Gasteiger partial charge in [-0.25, -0.2) is 0 Å². The smallest absolute Gasteiger partial charge is 0.131 e. The summed E-state index contributed by atoms with van der Waals surface area (Å²) in [7, 11) is 0. The van der Waals surface area contributed by atoms with E-state index in [9.17, 15) is 0 Å². The Morgan fingerprint density at radius 3 is 1.80 bits per heavy atom. The highest BCUT2D eigenvalue weighted by molar-refractivity contribution is 5.82. The molecule has 3 nitrogen and oxygen atoms in total. The first-order chi connectivity index (χ1) is 14.6. The molecule has 0 saturated heterocycles. The van der Waals surface area contributed by atoms with Gasteiger partial charge >= 0.3 is 0 Å². The van der Waals surface area contributed by atoms with Crippen molar-refractivity contribution in [1.29, 1.82) is 0 Å². The zero-order valence-corrected chi connectivity index (χ0v) is 17.1. The van der Waals surface area contributed by atoms with E-state index in [-0.39, 0.29) is 0 Å². The van der Waals surface area contributed by atoms with Gasteiger partial charge in [0.1, 0.15) is 23.0 Å². The molecule has 30 heavy (non-hydrogen) atoms. The van der Waals surface area contributed by atoms with Gasteiger partial charge in [-0.05, 0) is 67.9 Å². The molecule has 0 amide bonds. The number of aryl methyl sites for hydroxylation is 2. The fourth-order valence-corrected chi connectivity index (χ4v) is 2.98. The largest absolute Gasteiger partial charge is 0.457 e. The van der Waals surface area contributed by atoms with Crippen LogP contribution in [-0.4, -0.2) is 6.21 Å². The summed E-state index contributed by atoms with van der Waals surface area (Å²) in [5.74, 6) is 3.00. The zero-order chi connectivity index (χ0) is 20.8. The number of nitrogens with zero attached hydrogens (tertiary/aromatic N) is 1. The van der Waals surface area contributed by atoms with E-state index in [2.05, 4.69) is 31.0 Å². The van der Waals surface area contributed by atoms with E-state index in [0.717, 1.165) is 34.2 Å². The van der Waals surface area contributed by atoms with Gasteiger partial charge in [0.15, 0.2) is 0 Å². The predicted octanol–water partition coefficient (Wildman–Crippen LogP) is 7.64. The maximum absolute atomic E-state index is 5.98. The molecule has 0 saturated carbocycles. The highest BCUT2D eigenvalue weighted by Crippen LogP contribution is 2.29. The molecule has 0 bridgehead atoms. The van der Waals surface area contributed by atoms with Gasteiger partial charge in [-0.15, -0.1) is 0 Å². The Morgan fingerprint density at radius 1 is 0.567 bits per heavy atom. The van der Waals surface area contributed by atoms with E-state index in [1.54, 1.807) is 0 Å². The van der Waals surface area contributed by atoms with Crippen molar-refractivity contribution in [2.45, 2.75) is 13.8 Å². The lowest BCUT2D eigenvalue weighted by molar-refractivity contribution is 0.460. The third kappa shape index (κ3) is 5.36. The van der Waals surface area contributed by atoms with Gasteiger partial charge in [0, 0.05) is 12.3 Å². The van der Waals surface area contributed by atoms with Gasteiger partial charge in [-0.1, -0.05) is 53.6 Å². The Morgan fingerprint density at radius 2 is 1.17 bits per heavy atom. The first-order valence-electron chi connectivity index (χ1n) is 9.87. The van der Waals surface area contributed by atoms with Crippen molar-refractivity contribution in [3.05, 3.63) is 114 Å². The number of aliphatic imine (C=N–C) groups is 1. The summed E-state index contributed by atoms with van der Waals surface area (Å²) in [6.07, 6.45) is 1.87. The van der Waals surface area contributed by atoms with Crippen LogP contribution in [0.2, 0.25) is 0 Å². The Balaban J connectivity index is 1.41. The first kappa shape index (κ1) is 19.5. The Kier molecular flexibility index (Phi) is 5.90. The molecule has 148 valence electrons. The number of hydrogen-bond acceptors (Lipinski definition) is 3. The van der Waals surface area contributed by atoms with E-state index in [0.29, 0.717) is 0 Å². The van der Waals surface area contributed by atoms with Crippen LogP contribution in [0.4, 0.5) is 5.69 Å². The van der Waals surface area contributed by atoms with Gasteiger partial charge in [0.2, 0.25) is 0 Å². The van der Waals surface area contributed by atoms with Crippen LogP contribution < -0.4 is 9.47 Å². The van der Waals surface area contributed by atoms with Crippen molar-refractivity contribution >= 4 is 11.9 Å². The maximum Gasteiger partial charge on any atom is 0.131 e. The lowest BCUT2D eigenvalue weighted by atomic mass is 10.1. The topological polar surface area (TPSA) is 30.8 Å². The van der Waals surface area contributed by atoms with Crippen LogP contribution in [0.5, 0.6) is 23.0 Å². The Labute approximate surface area is 177 Å². The quantitative estimate of drug-likeness (QED) is 0.315. The molecule has 4 aromatic rings. The highest BCUT2D eigenvalue weighted by Gasteiger charge is 2.02. The minimum absolute atomic E-state index is 0.718. The molecule has 4 aromatic carbocycles. The number of rotatable bonds is 6. The summed E-state index contributed by atoms with van der Waals surface area (Å²) in [5.41, 5.74) is 4.38. The molecule has 0 fully saturated rings. The standard InChI is InChI=1S/C27H23NO2/c1-20-9-13-24(14-10-20)29-26-7-4-8-27(18-26)30-25-15-11-23(12-16-25)28-19-22-6-3-5-21(2)17-22/h3-19H,1-2H3. The summed E-state index contributed by atoms with van der Waals surface area (Å²) < 4.78 is 11.9. The molecule has 0 atom stereocenters. The third-order valence-electron chi connectivity index (χ3n) is 4.54. The Hall–Kier alpha value is -3.85. The molecule has 0 unspecified atom stereocenters. The lowest BCUT2D eigenvalue weighted by Gasteiger charge is -2.09. The molecule has 0 aliphatic rings. The van der Waals surface area contributed by atoms with E-state index in [4.69, 9.17) is 9.47 Å². The van der Waals surface area contributed by atoms with Crippen LogP contribution in [0.15, 0.2) is 102 Å². The molecule has 0 spiro atoms. The number of benzene rings is 4. The average Bonchev–Trinajstić information content (AvgIpc) is 2.75. The summed E-state index contributed by atoms with van der Waals surface area (Å²) in [4.78, 5) is 4.53. The monoisotopic (exact) mass is 393 g/mol. The first-order valence-corrected chi connectivity index (χ1v) is 9.87. The molecule has 0 N–H and O–H groups in total. The van der Waals surface area contributed by atoms with Crippen molar-refractivity contribution < 1.29 is 9.47 Å². The molecule has 0 heterocycles. The second-order valence-electron chi connectivity index (χ2n) is 7.16. The van der Waals surface area contributed by atoms with E-state index < -0.39 is 0 Å². The van der Waals surface area contributed by atoms with Gasteiger partial charge in [-0.2, -0.15) is 0 Å². The second kappa shape index (κ2) is 9.10. The highest BCUT2D eigenvalue weighted by atomic mass is 16.5. The minimum atomic E-state index is 0.718. The molecule has 3 heteroatoms. The predicted molar refractivity (Wildman–Crippen MR) is 123 cm³/mol. The van der Waals surface area contributed by atoms with Gasteiger partial charge < -0.3 is 9.47 Å². The van der Waals surface area contributed by atoms with Crippen molar-refractivity contribution in [3.8, 4) is 23.0 Å². The molecule has 0 aromatic heterocycles. The zero-order valence-electron chi connectivity index (χ0n) is 17.1. The van der Waals surface area contributed by atoms with Gasteiger partial charge in [0.05, 0.1) is 5.69 Å². The normalized spacial score (nSPS) is 10.9. The van der Waals surface area contributed by atoms with Crippen molar-refractivity contribution in [2.24, 2.45) is 4.99 Å². The number of ether oxygens (including phenoxy) is 2. The fraction of sp³-hybridized carbons (Fsp3) is 0.0741. The fourth-order valence-electron chi connectivity index (χ4n) is 2.98. The lowest BCUT2D eigenvalue weighted by Crippen LogP contribution is -1.87. The molecular weight excluding hydrogens is 370 g/mol. The molecule has 4 rings (SSSR count). The summed E-state index contributed by atoms with van der Waals surface area (Å²) in [6.45, 7) is 4.13. The van der Waals surface area contributed by atoms with Crippen LogP contribution in [0, 0.1) is 13.8 Å². The molecular formula is C27H23NO2. The van der Waals surface area contributed by atoms with Crippen molar-refractivity contribution in [3.63, 3.8) is 0 Å². The summed E-state index contributed by atoms with van der Waals surface area (Å²) >= 11 is 0. The van der Waals surface area contributed by atoms with Crippen LogP contribution in [-0.2, 0) is 0 Å². The van der Waals surface area contributed by atoms with E-state index in [1.165, 1.54) is 11.1 Å². The summed E-state index contributed by atoms with van der Waals surface area (Å²) in [6, 6.07) is 31.5. The van der Waals surface area contributed by atoms with Crippen molar-refractivity contribution in [2.75, 3.05) is 0 Å². The second-order valence-corrected chi connectivity index (χ2v) is 7.16. The van der Waals surface area contributed by atoms with Gasteiger partial charge in [0.25, 0.3) is 0 Å². The third-order valence-corrected chi connectivity index (χ3v) is 4.54. The molecule has 0 aliphatic carbocycles. The van der Waals surface area contributed by atoms with Crippen molar-refractivity contribution in [1.82, 2.24) is 0 Å². The van der Waals surface area contributed by atoms with E-state index >= 15 is 0 Å². The SMILES string of the molecule is Cc1ccc(Oc2cccc(Oc3ccc(N=Cc4cccc(C)c4)cc3)c2)cc1. The number of hydrogen-bond donors (Lipinski definition) is 0. The maximum atomic E-state index is 5.98. The summed E-state index contributed by atoms with van der Waals surface area (Å²) in [5, 5.41) is 0. The minimum Gasteiger partial charge on any atom is -0.457 e. The Bertz CT molecular complexity index is 1150. The van der Waals surface area contributed by atoms with Crippen LogP contribution in [0.25, 0.3) is 0 Å². The molecule has 0 radical (unpaired) electrons. The van der Waals surface area contributed by atoms with E-state index in [1.807, 2.05) is 91.1 Å². The van der Waals surface area contributed by atoms with Crippen LogP contribution in [0.1, 0.15) is 16.7 Å². The molecule has 0 aliphatic heterocycles. The van der Waals surface area contributed by atoms with Crippen LogP contribution >= 0.6 is 0 Å². The average molecular weight is 393 g/mol. The van der Waals surface area contributed by atoms with Gasteiger partial charge in [-0.3, -0.25) is 4.99 Å².